The van der Waals surface area contributed by atoms with Gasteiger partial charge in [-0.2, -0.15) is 0 Å². The highest BCUT2D eigenvalue weighted by molar-refractivity contribution is 14.0. The van der Waals surface area contributed by atoms with Gasteiger partial charge in [-0.1, -0.05) is 38.3 Å². The third-order valence-corrected chi connectivity index (χ3v) is 3.21. The first-order chi connectivity index (χ1) is 10.7. The minimum absolute atomic E-state index is 0. The molecule has 0 atom stereocenters. The third-order valence-electron chi connectivity index (χ3n) is 3.21. The van der Waals surface area contributed by atoms with Crippen molar-refractivity contribution in [2.75, 3.05) is 13.1 Å². The number of unbranched alkanes of at least 4 members (excludes halogenated alkanes) is 3. The van der Waals surface area contributed by atoms with E-state index in [1.165, 1.54) is 25.3 Å². The van der Waals surface area contributed by atoms with Crippen LogP contribution in [0.4, 0.5) is 5.69 Å². The molecule has 130 valence electrons. The van der Waals surface area contributed by atoms with Crippen LogP contribution in [0.5, 0.6) is 0 Å². The maximum atomic E-state index is 10.8. The van der Waals surface area contributed by atoms with E-state index in [1.54, 1.807) is 12.1 Å². The molecular weight excluding hydrogens is 407 g/mol. The van der Waals surface area contributed by atoms with E-state index in [-0.39, 0.29) is 34.6 Å². The lowest BCUT2D eigenvalue weighted by Gasteiger charge is -2.11. The van der Waals surface area contributed by atoms with Gasteiger partial charge in [0.25, 0.3) is 5.69 Å². The first kappa shape index (κ1) is 21.6. The number of non-ortho nitro benzene ring substituents is 1. The van der Waals surface area contributed by atoms with Crippen molar-refractivity contribution < 1.29 is 4.92 Å². The molecule has 0 fully saturated rings. The Balaban J connectivity index is 0.00000484. The zero-order chi connectivity index (χ0) is 16.2. The topological polar surface area (TPSA) is 79.6 Å². The van der Waals surface area contributed by atoms with Crippen molar-refractivity contribution in [2.45, 2.75) is 46.1 Å². The van der Waals surface area contributed by atoms with Crippen molar-refractivity contribution >= 4 is 35.6 Å². The summed E-state index contributed by atoms with van der Waals surface area (Å²) in [6, 6.07) is 6.59. The fraction of sp³-hybridized carbons (Fsp3) is 0.562. The van der Waals surface area contributed by atoms with Crippen LogP contribution in [0.25, 0.3) is 0 Å². The summed E-state index contributed by atoms with van der Waals surface area (Å²) in [5, 5.41) is 17.2. The average Bonchev–Trinajstić information content (AvgIpc) is 2.52. The van der Waals surface area contributed by atoms with Crippen molar-refractivity contribution in [3.05, 3.63) is 39.9 Å². The Morgan fingerprint density at radius 3 is 2.65 bits per heavy atom. The molecule has 23 heavy (non-hydrogen) atoms. The van der Waals surface area contributed by atoms with Crippen molar-refractivity contribution in [3.8, 4) is 0 Å². The Labute approximate surface area is 155 Å². The number of nitro benzene ring substituents is 1. The summed E-state index contributed by atoms with van der Waals surface area (Å²) < 4.78 is 0. The van der Waals surface area contributed by atoms with Crippen LogP contribution in [0.1, 0.15) is 45.1 Å². The van der Waals surface area contributed by atoms with Crippen LogP contribution in [0.2, 0.25) is 0 Å². The maximum Gasteiger partial charge on any atom is 0.269 e. The van der Waals surface area contributed by atoms with E-state index >= 15 is 0 Å². The van der Waals surface area contributed by atoms with Crippen molar-refractivity contribution in [1.82, 2.24) is 10.6 Å². The summed E-state index contributed by atoms with van der Waals surface area (Å²) in [6.45, 7) is 6.31. The SMILES string of the molecule is CCCCCCNC(=NCc1cccc([N+](=O)[O-])c1)NCC.I. The first-order valence-electron chi connectivity index (χ1n) is 7.92. The Hall–Kier alpha value is -1.38. The van der Waals surface area contributed by atoms with E-state index in [4.69, 9.17) is 0 Å². The van der Waals surface area contributed by atoms with Gasteiger partial charge in [0.05, 0.1) is 11.5 Å². The largest absolute Gasteiger partial charge is 0.357 e. The molecule has 1 aromatic rings. The van der Waals surface area contributed by atoms with E-state index in [1.807, 2.05) is 13.0 Å². The highest BCUT2D eigenvalue weighted by Crippen LogP contribution is 2.13. The van der Waals surface area contributed by atoms with Crippen LogP contribution in [0.15, 0.2) is 29.3 Å². The molecule has 0 radical (unpaired) electrons. The number of rotatable bonds is 9. The lowest BCUT2D eigenvalue weighted by molar-refractivity contribution is -0.384. The van der Waals surface area contributed by atoms with Crippen molar-refractivity contribution in [2.24, 2.45) is 4.99 Å². The summed E-state index contributed by atoms with van der Waals surface area (Å²) in [5.74, 6) is 0.755. The summed E-state index contributed by atoms with van der Waals surface area (Å²) >= 11 is 0. The number of hydrogen-bond donors (Lipinski definition) is 2. The number of nitrogens with one attached hydrogen (secondary N) is 2. The molecule has 1 aromatic carbocycles. The number of aliphatic imine (C=N–C) groups is 1. The average molecular weight is 434 g/mol. The van der Waals surface area contributed by atoms with E-state index < -0.39 is 0 Å². The Bertz CT molecular complexity index is 495. The van der Waals surface area contributed by atoms with Crippen LogP contribution < -0.4 is 10.6 Å². The highest BCUT2D eigenvalue weighted by atomic mass is 127. The van der Waals surface area contributed by atoms with Gasteiger partial charge < -0.3 is 10.6 Å². The molecule has 0 aliphatic heterocycles. The zero-order valence-electron chi connectivity index (χ0n) is 13.9. The number of hydrogen-bond acceptors (Lipinski definition) is 3. The number of guanidine groups is 1. The van der Waals surface area contributed by atoms with Gasteiger partial charge in [-0.25, -0.2) is 4.99 Å². The molecule has 0 heterocycles. The number of benzene rings is 1. The second-order valence-electron chi connectivity index (χ2n) is 5.11. The molecule has 1 rings (SSSR count). The van der Waals surface area contributed by atoms with Crippen LogP contribution >= 0.6 is 24.0 Å². The summed E-state index contributed by atoms with van der Waals surface area (Å²) in [6.07, 6.45) is 4.81. The monoisotopic (exact) mass is 434 g/mol. The number of halogens is 1. The predicted octanol–water partition coefficient (Wildman–Crippen LogP) is 3.85. The van der Waals surface area contributed by atoms with Crippen molar-refractivity contribution in [3.63, 3.8) is 0 Å². The second-order valence-corrected chi connectivity index (χ2v) is 5.11. The maximum absolute atomic E-state index is 10.8. The quantitative estimate of drug-likeness (QED) is 0.155. The van der Waals surface area contributed by atoms with E-state index in [9.17, 15) is 10.1 Å². The van der Waals surface area contributed by atoms with Crippen LogP contribution in [-0.2, 0) is 6.54 Å². The van der Waals surface area contributed by atoms with Gasteiger partial charge in [0.15, 0.2) is 5.96 Å². The molecule has 2 N–H and O–H groups in total. The van der Waals surface area contributed by atoms with Crippen LogP contribution in [-0.4, -0.2) is 24.0 Å². The molecule has 0 saturated heterocycles. The summed E-state index contributed by atoms with van der Waals surface area (Å²) in [5.41, 5.74) is 0.933. The first-order valence-corrected chi connectivity index (χ1v) is 7.92. The lowest BCUT2D eigenvalue weighted by atomic mass is 10.2. The van der Waals surface area contributed by atoms with Gasteiger partial charge in [-0.15, -0.1) is 24.0 Å². The highest BCUT2D eigenvalue weighted by Gasteiger charge is 2.05. The van der Waals surface area contributed by atoms with Crippen molar-refractivity contribution in [1.29, 1.82) is 0 Å². The Morgan fingerprint density at radius 1 is 1.22 bits per heavy atom. The van der Waals surface area contributed by atoms with Gasteiger partial charge in [-0.3, -0.25) is 10.1 Å². The van der Waals surface area contributed by atoms with Crippen LogP contribution in [0, 0.1) is 10.1 Å². The molecule has 7 heteroatoms. The molecule has 0 bridgehead atoms. The normalized spacial score (nSPS) is 10.8. The van der Waals surface area contributed by atoms with Crippen LogP contribution in [0.3, 0.4) is 0 Å². The predicted molar refractivity (Wildman–Crippen MR) is 105 cm³/mol. The standard InChI is InChI=1S/C16H26N4O2.HI/c1-3-5-6-7-11-18-16(17-4-2)19-13-14-9-8-10-15(12-14)20(21)22;/h8-10,12H,3-7,11,13H2,1-2H3,(H2,17,18,19);1H. The molecule has 6 nitrogen and oxygen atoms in total. The zero-order valence-corrected chi connectivity index (χ0v) is 16.2. The number of nitrogens with zero attached hydrogens (tertiary/aromatic N) is 2. The molecule has 0 saturated carbocycles. The summed E-state index contributed by atoms with van der Waals surface area (Å²) in [7, 11) is 0. The Kier molecular flexibility index (Phi) is 12.3. The third kappa shape index (κ3) is 9.37. The second kappa shape index (κ2) is 13.1. The van der Waals surface area contributed by atoms with E-state index in [0.717, 1.165) is 31.0 Å². The molecule has 0 spiro atoms. The minimum Gasteiger partial charge on any atom is -0.357 e. The summed E-state index contributed by atoms with van der Waals surface area (Å²) in [4.78, 5) is 14.9. The Morgan fingerprint density at radius 2 is 2.00 bits per heavy atom. The van der Waals surface area contributed by atoms with E-state index in [0.29, 0.717) is 6.54 Å². The van der Waals surface area contributed by atoms with Gasteiger partial charge in [-0.05, 0) is 18.9 Å². The molecule has 0 amide bonds. The minimum atomic E-state index is -0.385. The fourth-order valence-electron chi connectivity index (χ4n) is 2.04. The van der Waals surface area contributed by atoms with Gasteiger partial charge in [0.2, 0.25) is 0 Å². The van der Waals surface area contributed by atoms with Gasteiger partial charge in [0, 0.05) is 25.2 Å². The lowest BCUT2D eigenvalue weighted by Crippen LogP contribution is -2.37. The molecule has 0 aliphatic rings. The smallest absolute Gasteiger partial charge is 0.269 e. The molecule has 0 aliphatic carbocycles. The molecule has 0 aromatic heterocycles. The number of nitro groups is 1. The fourth-order valence-corrected chi connectivity index (χ4v) is 2.04. The molecular formula is C16H27IN4O2. The van der Waals surface area contributed by atoms with Gasteiger partial charge >= 0.3 is 0 Å². The molecule has 0 unspecified atom stereocenters. The van der Waals surface area contributed by atoms with E-state index in [2.05, 4.69) is 22.5 Å². The van der Waals surface area contributed by atoms with Gasteiger partial charge in [0.1, 0.15) is 0 Å².